The van der Waals surface area contributed by atoms with Crippen LogP contribution in [0.2, 0.25) is 0 Å². The van der Waals surface area contributed by atoms with Crippen molar-refractivity contribution < 1.29 is 13.2 Å². The molecule has 0 fully saturated rings. The van der Waals surface area contributed by atoms with E-state index < -0.39 is 10.0 Å². The lowest BCUT2D eigenvalue weighted by Crippen LogP contribution is -2.42. The van der Waals surface area contributed by atoms with Gasteiger partial charge in [0.25, 0.3) is 15.9 Å². The second-order valence-electron chi connectivity index (χ2n) is 7.91. The molecule has 1 unspecified atom stereocenters. The van der Waals surface area contributed by atoms with Gasteiger partial charge in [0.15, 0.2) is 0 Å². The maximum Gasteiger partial charge on any atom is 0.264 e. The number of sulfonamides is 1. The van der Waals surface area contributed by atoms with Crippen molar-refractivity contribution in [1.82, 2.24) is 4.90 Å². The van der Waals surface area contributed by atoms with Crippen LogP contribution in [0, 0.1) is 0 Å². The van der Waals surface area contributed by atoms with Crippen molar-refractivity contribution in [1.29, 1.82) is 0 Å². The van der Waals surface area contributed by atoms with Crippen LogP contribution in [0.3, 0.4) is 0 Å². The van der Waals surface area contributed by atoms with Gasteiger partial charge in [-0.1, -0.05) is 24.3 Å². The Balaban J connectivity index is 2.01. The van der Waals surface area contributed by atoms with Crippen molar-refractivity contribution in [2.75, 3.05) is 4.31 Å². The van der Waals surface area contributed by atoms with E-state index in [4.69, 9.17) is 0 Å². The van der Waals surface area contributed by atoms with Crippen LogP contribution in [0.1, 0.15) is 50.5 Å². The van der Waals surface area contributed by atoms with Gasteiger partial charge >= 0.3 is 0 Å². The highest BCUT2D eigenvalue weighted by Crippen LogP contribution is 2.36. The molecule has 5 nitrogen and oxygen atoms in total. The van der Waals surface area contributed by atoms with Gasteiger partial charge in [0.1, 0.15) is 0 Å². The zero-order valence-electron chi connectivity index (χ0n) is 17.1. The first-order chi connectivity index (χ1) is 13.1. The van der Waals surface area contributed by atoms with Crippen molar-refractivity contribution in [3.63, 3.8) is 0 Å². The molecule has 0 N–H and O–H groups in total. The fraction of sp³-hybridized carbons (Fsp3) is 0.409. The Kier molecular flexibility index (Phi) is 5.53. The first-order valence-electron chi connectivity index (χ1n) is 9.69. The predicted molar refractivity (Wildman–Crippen MR) is 112 cm³/mol. The van der Waals surface area contributed by atoms with Gasteiger partial charge in [0.05, 0.1) is 10.6 Å². The van der Waals surface area contributed by atoms with Gasteiger partial charge in [-0.15, -0.1) is 0 Å². The summed E-state index contributed by atoms with van der Waals surface area (Å²) in [6, 6.07) is 13.9. The highest BCUT2D eigenvalue weighted by atomic mass is 32.2. The average Bonchev–Trinajstić information content (AvgIpc) is 2.97. The second-order valence-corrected chi connectivity index (χ2v) is 9.73. The Labute approximate surface area is 168 Å². The lowest BCUT2D eigenvalue weighted by molar-refractivity contribution is 0.0643. The molecule has 1 aliphatic heterocycles. The molecule has 0 bridgehead atoms. The summed E-state index contributed by atoms with van der Waals surface area (Å²) in [4.78, 5) is 14.9. The van der Waals surface area contributed by atoms with Gasteiger partial charge in [-0.05, 0) is 70.9 Å². The number of carbonyl (C=O) groups is 1. The van der Waals surface area contributed by atoms with Crippen LogP contribution >= 0.6 is 0 Å². The fourth-order valence-corrected chi connectivity index (χ4v) is 5.76. The summed E-state index contributed by atoms with van der Waals surface area (Å²) in [5, 5.41) is 0. The molecule has 28 heavy (non-hydrogen) atoms. The maximum absolute atomic E-state index is 13.4. The van der Waals surface area contributed by atoms with Crippen LogP contribution in [-0.4, -0.2) is 37.4 Å². The maximum atomic E-state index is 13.4. The first-order valence-corrected chi connectivity index (χ1v) is 11.1. The van der Waals surface area contributed by atoms with E-state index in [1.54, 1.807) is 23.1 Å². The summed E-state index contributed by atoms with van der Waals surface area (Å²) < 4.78 is 28.3. The van der Waals surface area contributed by atoms with Crippen molar-refractivity contribution in [3.05, 3.63) is 59.7 Å². The first kappa shape index (κ1) is 20.4. The Bertz CT molecular complexity index is 975. The van der Waals surface area contributed by atoms with Gasteiger partial charge in [0, 0.05) is 23.7 Å². The highest BCUT2D eigenvalue weighted by molar-refractivity contribution is 7.92. The number of hydrogen-bond acceptors (Lipinski definition) is 3. The molecular weight excluding hydrogens is 372 g/mol. The quantitative estimate of drug-likeness (QED) is 0.760. The normalized spacial score (nSPS) is 16.5. The molecule has 2 aromatic carbocycles. The molecule has 1 aliphatic rings. The van der Waals surface area contributed by atoms with Crippen LogP contribution in [-0.2, 0) is 16.4 Å². The third kappa shape index (κ3) is 3.53. The number of hydrogen-bond donors (Lipinski definition) is 0. The summed E-state index contributed by atoms with van der Waals surface area (Å²) >= 11 is 0. The zero-order valence-corrected chi connectivity index (χ0v) is 17.9. The van der Waals surface area contributed by atoms with E-state index >= 15 is 0 Å². The van der Waals surface area contributed by atoms with Crippen molar-refractivity contribution in [2.24, 2.45) is 0 Å². The summed E-state index contributed by atoms with van der Waals surface area (Å²) in [6.07, 6.45) is 0.683. The van der Waals surface area contributed by atoms with Crippen LogP contribution in [0.15, 0.2) is 53.4 Å². The van der Waals surface area contributed by atoms with Gasteiger partial charge in [-0.3, -0.25) is 9.10 Å². The summed E-state index contributed by atoms with van der Waals surface area (Å²) in [7, 11) is -3.76. The van der Waals surface area contributed by atoms with E-state index in [1.807, 2.05) is 58.9 Å². The largest absolute Gasteiger partial charge is 0.334 e. The van der Waals surface area contributed by atoms with E-state index in [-0.39, 0.29) is 28.9 Å². The molecule has 3 rings (SSSR count). The van der Waals surface area contributed by atoms with E-state index in [1.165, 1.54) is 10.4 Å². The number of para-hydroxylation sites is 1. The lowest BCUT2D eigenvalue weighted by Gasteiger charge is -2.31. The van der Waals surface area contributed by atoms with E-state index in [9.17, 15) is 13.2 Å². The molecule has 0 radical (unpaired) electrons. The lowest BCUT2D eigenvalue weighted by atomic mass is 10.1. The molecular formula is C22H28N2O3S. The Hall–Kier alpha value is -2.34. The number of rotatable bonds is 5. The molecule has 150 valence electrons. The third-order valence-corrected chi connectivity index (χ3v) is 7.05. The summed E-state index contributed by atoms with van der Waals surface area (Å²) in [5.74, 6) is -0.156. The highest BCUT2D eigenvalue weighted by Gasteiger charge is 2.36. The molecule has 1 amide bonds. The van der Waals surface area contributed by atoms with Gasteiger partial charge in [-0.25, -0.2) is 8.42 Å². The van der Waals surface area contributed by atoms with Crippen LogP contribution in [0.5, 0.6) is 0 Å². The molecule has 0 aliphatic carbocycles. The molecule has 2 aromatic rings. The van der Waals surface area contributed by atoms with Gasteiger partial charge in [0.2, 0.25) is 0 Å². The number of amides is 1. The minimum Gasteiger partial charge on any atom is -0.334 e. The monoisotopic (exact) mass is 400 g/mol. The Morgan fingerprint density at radius 2 is 1.68 bits per heavy atom. The molecule has 0 aromatic heterocycles. The van der Waals surface area contributed by atoms with Crippen LogP contribution < -0.4 is 4.31 Å². The SMILES string of the molecule is CC(C)N(C(=O)c1cccc(S(=O)(=O)N2c3ccccc3CC2C)c1)C(C)C. The molecule has 1 heterocycles. The van der Waals surface area contributed by atoms with Gasteiger partial charge in [-0.2, -0.15) is 0 Å². The van der Waals surface area contributed by atoms with Crippen molar-refractivity contribution in [2.45, 2.75) is 64.1 Å². The number of benzene rings is 2. The number of anilines is 1. The predicted octanol–water partition coefficient (Wildman–Crippen LogP) is 4.09. The molecule has 0 saturated heterocycles. The summed E-state index contributed by atoms with van der Waals surface area (Å²) in [6.45, 7) is 9.75. The molecule has 1 atom stereocenters. The van der Waals surface area contributed by atoms with E-state index in [0.29, 0.717) is 12.0 Å². The van der Waals surface area contributed by atoms with Gasteiger partial charge < -0.3 is 4.90 Å². The molecule has 6 heteroatoms. The fourth-order valence-electron chi connectivity index (χ4n) is 4.02. The van der Waals surface area contributed by atoms with Crippen molar-refractivity contribution in [3.8, 4) is 0 Å². The standard InChI is InChI=1S/C22H28N2O3S/c1-15(2)23(16(3)4)22(25)19-10-8-11-20(14-19)28(26,27)24-17(5)13-18-9-6-7-12-21(18)24/h6-12,14-17H,13H2,1-5H3. The Morgan fingerprint density at radius 1 is 1.04 bits per heavy atom. The Morgan fingerprint density at radius 3 is 2.32 bits per heavy atom. The minimum atomic E-state index is -3.76. The molecule has 0 saturated carbocycles. The van der Waals surface area contributed by atoms with Crippen molar-refractivity contribution >= 4 is 21.6 Å². The summed E-state index contributed by atoms with van der Waals surface area (Å²) in [5.41, 5.74) is 2.14. The second kappa shape index (κ2) is 7.59. The minimum absolute atomic E-state index is 0.0262. The van der Waals surface area contributed by atoms with E-state index in [0.717, 1.165) is 11.3 Å². The third-order valence-electron chi connectivity index (χ3n) is 5.13. The number of carbonyl (C=O) groups excluding carboxylic acids is 1. The number of fused-ring (bicyclic) bond motifs is 1. The van der Waals surface area contributed by atoms with Crippen LogP contribution in [0.4, 0.5) is 5.69 Å². The molecule has 0 spiro atoms. The smallest absolute Gasteiger partial charge is 0.264 e. The topological polar surface area (TPSA) is 57.7 Å². The number of nitrogens with zero attached hydrogens (tertiary/aromatic N) is 2. The average molecular weight is 401 g/mol. The van der Waals surface area contributed by atoms with Crippen LogP contribution in [0.25, 0.3) is 0 Å². The van der Waals surface area contributed by atoms with E-state index in [2.05, 4.69) is 0 Å². The zero-order chi connectivity index (χ0) is 20.6.